The fraction of sp³-hybridized carbons (Fsp3) is 0.562. The Kier molecular flexibility index (Phi) is 7.01. The lowest BCUT2D eigenvalue weighted by Crippen LogP contribution is -2.22. The van der Waals surface area contributed by atoms with Crippen LogP contribution in [0.15, 0.2) is 18.2 Å². The summed E-state index contributed by atoms with van der Waals surface area (Å²) in [7, 11) is 0. The van der Waals surface area contributed by atoms with Crippen molar-refractivity contribution in [3.8, 4) is 0 Å². The molecule has 19 heavy (non-hydrogen) atoms. The fourth-order valence-corrected chi connectivity index (χ4v) is 2.04. The maximum atomic E-state index is 11.7. The predicted octanol–water partition coefficient (Wildman–Crippen LogP) is 3.74. The van der Waals surface area contributed by atoms with Crippen LogP contribution in [0.2, 0.25) is 0 Å². The molecule has 0 saturated carbocycles. The molecule has 0 unspecified atom stereocenters. The SMILES string of the molecule is CCCCCCNc1ccc(C(=O)NCC)cc1C. The lowest BCUT2D eigenvalue weighted by molar-refractivity contribution is 0.0956. The van der Waals surface area contributed by atoms with Crippen molar-refractivity contribution in [3.05, 3.63) is 29.3 Å². The van der Waals surface area contributed by atoms with E-state index in [9.17, 15) is 4.79 Å². The van der Waals surface area contributed by atoms with E-state index in [4.69, 9.17) is 0 Å². The standard InChI is InChI=1S/C16H26N2O/c1-4-6-7-8-11-18-15-10-9-14(12-13(15)3)16(19)17-5-2/h9-10,12,18H,4-8,11H2,1-3H3,(H,17,19). The third-order valence-corrected chi connectivity index (χ3v) is 3.17. The summed E-state index contributed by atoms with van der Waals surface area (Å²) < 4.78 is 0. The molecule has 1 amide bonds. The number of carbonyl (C=O) groups excluding carboxylic acids is 1. The summed E-state index contributed by atoms with van der Waals surface area (Å²) in [6.07, 6.45) is 5.04. The predicted molar refractivity (Wildman–Crippen MR) is 81.8 cm³/mol. The normalized spacial score (nSPS) is 10.3. The van der Waals surface area contributed by atoms with Crippen molar-refractivity contribution < 1.29 is 4.79 Å². The van der Waals surface area contributed by atoms with Gasteiger partial charge in [-0.25, -0.2) is 0 Å². The quantitative estimate of drug-likeness (QED) is 0.701. The largest absolute Gasteiger partial charge is 0.385 e. The molecule has 0 aromatic heterocycles. The molecular weight excluding hydrogens is 236 g/mol. The van der Waals surface area contributed by atoms with Crippen LogP contribution < -0.4 is 10.6 Å². The van der Waals surface area contributed by atoms with Crippen molar-refractivity contribution in [3.63, 3.8) is 0 Å². The Bertz CT molecular complexity index is 402. The van der Waals surface area contributed by atoms with Gasteiger partial charge in [-0.15, -0.1) is 0 Å². The molecule has 0 atom stereocenters. The van der Waals surface area contributed by atoms with Gasteiger partial charge in [-0.05, 0) is 44.0 Å². The summed E-state index contributed by atoms with van der Waals surface area (Å²) in [5.74, 6) is 0.0000887. The maximum Gasteiger partial charge on any atom is 0.251 e. The first-order valence-electron chi connectivity index (χ1n) is 7.31. The smallest absolute Gasteiger partial charge is 0.251 e. The Labute approximate surface area is 116 Å². The molecule has 0 bridgehead atoms. The van der Waals surface area contributed by atoms with E-state index in [1.807, 2.05) is 32.0 Å². The third-order valence-electron chi connectivity index (χ3n) is 3.17. The first-order valence-corrected chi connectivity index (χ1v) is 7.31. The van der Waals surface area contributed by atoms with Crippen LogP contribution in [-0.4, -0.2) is 19.0 Å². The van der Waals surface area contributed by atoms with Gasteiger partial charge in [0.05, 0.1) is 0 Å². The highest BCUT2D eigenvalue weighted by atomic mass is 16.1. The minimum atomic E-state index is 0.0000887. The molecule has 0 heterocycles. The molecule has 0 aliphatic heterocycles. The van der Waals surface area contributed by atoms with Crippen LogP contribution >= 0.6 is 0 Å². The topological polar surface area (TPSA) is 41.1 Å². The second-order valence-corrected chi connectivity index (χ2v) is 4.88. The van der Waals surface area contributed by atoms with Gasteiger partial charge >= 0.3 is 0 Å². The van der Waals surface area contributed by atoms with E-state index in [-0.39, 0.29) is 5.91 Å². The van der Waals surface area contributed by atoms with Crippen LogP contribution in [-0.2, 0) is 0 Å². The van der Waals surface area contributed by atoms with Gasteiger partial charge < -0.3 is 10.6 Å². The van der Waals surface area contributed by atoms with Crippen molar-refractivity contribution in [2.75, 3.05) is 18.4 Å². The van der Waals surface area contributed by atoms with Gasteiger partial charge in [-0.1, -0.05) is 26.2 Å². The van der Waals surface area contributed by atoms with E-state index >= 15 is 0 Å². The van der Waals surface area contributed by atoms with Crippen LogP contribution in [0.5, 0.6) is 0 Å². The monoisotopic (exact) mass is 262 g/mol. The Balaban J connectivity index is 2.50. The molecule has 0 fully saturated rings. The molecule has 1 aromatic rings. The van der Waals surface area contributed by atoms with Gasteiger partial charge in [0, 0.05) is 24.3 Å². The number of benzene rings is 1. The average molecular weight is 262 g/mol. The fourth-order valence-electron chi connectivity index (χ4n) is 2.04. The number of rotatable bonds is 8. The molecule has 0 radical (unpaired) electrons. The van der Waals surface area contributed by atoms with E-state index < -0.39 is 0 Å². The first-order chi connectivity index (χ1) is 9.19. The number of amides is 1. The summed E-state index contributed by atoms with van der Waals surface area (Å²) in [4.78, 5) is 11.7. The van der Waals surface area contributed by atoms with E-state index in [0.717, 1.165) is 23.4 Å². The van der Waals surface area contributed by atoms with Crippen LogP contribution in [0.1, 0.15) is 55.5 Å². The van der Waals surface area contributed by atoms with Crippen LogP contribution in [0.4, 0.5) is 5.69 Å². The van der Waals surface area contributed by atoms with E-state index in [1.54, 1.807) is 0 Å². The molecule has 0 aliphatic carbocycles. The first kappa shape index (κ1) is 15.5. The average Bonchev–Trinajstić information content (AvgIpc) is 2.40. The maximum absolute atomic E-state index is 11.7. The van der Waals surface area contributed by atoms with Gasteiger partial charge in [-0.3, -0.25) is 4.79 Å². The lowest BCUT2D eigenvalue weighted by Gasteiger charge is -2.11. The Hall–Kier alpha value is -1.51. The van der Waals surface area contributed by atoms with Gasteiger partial charge in [-0.2, -0.15) is 0 Å². The van der Waals surface area contributed by atoms with E-state index in [0.29, 0.717) is 6.54 Å². The molecular formula is C16H26N2O. The number of hydrogen-bond acceptors (Lipinski definition) is 2. The number of nitrogens with one attached hydrogen (secondary N) is 2. The Morgan fingerprint density at radius 3 is 2.58 bits per heavy atom. The minimum absolute atomic E-state index is 0.0000887. The van der Waals surface area contributed by atoms with E-state index in [1.165, 1.54) is 25.7 Å². The molecule has 3 nitrogen and oxygen atoms in total. The molecule has 2 N–H and O–H groups in total. The number of carbonyl (C=O) groups is 1. The van der Waals surface area contributed by atoms with Gasteiger partial charge in [0.25, 0.3) is 5.91 Å². The molecule has 106 valence electrons. The Morgan fingerprint density at radius 2 is 1.95 bits per heavy atom. The van der Waals surface area contributed by atoms with Crippen LogP contribution in [0, 0.1) is 6.92 Å². The zero-order valence-electron chi connectivity index (χ0n) is 12.4. The van der Waals surface area contributed by atoms with Crippen molar-refractivity contribution in [2.45, 2.75) is 46.5 Å². The number of unbranched alkanes of at least 4 members (excludes halogenated alkanes) is 3. The highest BCUT2D eigenvalue weighted by Gasteiger charge is 2.06. The zero-order valence-corrected chi connectivity index (χ0v) is 12.4. The third kappa shape index (κ3) is 5.33. The van der Waals surface area contributed by atoms with E-state index in [2.05, 4.69) is 17.6 Å². The molecule has 0 spiro atoms. The molecule has 0 aliphatic rings. The summed E-state index contributed by atoms with van der Waals surface area (Å²) in [5, 5.41) is 6.25. The highest BCUT2D eigenvalue weighted by Crippen LogP contribution is 2.16. The molecule has 1 rings (SSSR count). The molecule has 3 heteroatoms. The Morgan fingerprint density at radius 1 is 1.16 bits per heavy atom. The number of aryl methyl sites for hydroxylation is 1. The number of hydrogen-bond donors (Lipinski definition) is 2. The summed E-state index contributed by atoms with van der Waals surface area (Å²) in [5.41, 5.74) is 2.99. The minimum Gasteiger partial charge on any atom is -0.385 e. The highest BCUT2D eigenvalue weighted by molar-refractivity contribution is 5.94. The summed E-state index contributed by atoms with van der Waals surface area (Å²) in [6.45, 7) is 7.85. The van der Waals surface area contributed by atoms with Crippen LogP contribution in [0.25, 0.3) is 0 Å². The second kappa shape index (κ2) is 8.57. The summed E-state index contributed by atoms with van der Waals surface area (Å²) >= 11 is 0. The number of anilines is 1. The molecule has 0 saturated heterocycles. The lowest BCUT2D eigenvalue weighted by atomic mass is 10.1. The van der Waals surface area contributed by atoms with Crippen molar-refractivity contribution in [2.24, 2.45) is 0 Å². The van der Waals surface area contributed by atoms with Crippen molar-refractivity contribution in [1.82, 2.24) is 5.32 Å². The molecule has 1 aromatic carbocycles. The van der Waals surface area contributed by atoms with Gasteiger partial charge in [0.2, 0.25) is 0 Å². The van der Waals surface area contributed by atoms with Crippen molar-refractivity contribution >= 4 is 11.6 Å². The van der Waals surface area contributed by atoms with Crippen molar-refractivity contribution in [1.29, 1.82) is 0 Å². The van der Waals surface area contributed by atoms with Gasteiger partial charge in [0.15, 0.2) is 0 Å². The van der Waals surface area contributed by atoms with Crippen LogP contribution in [0.3, 0.4) is 0 Å². The second-order valence-electron chi connectivity index (χ2n) is 4.88. The van der Waals surface area contributed by atoms with Gasteiger partial charge in [0.1, 0.15) is 0 Å². The summed E-state index contributed by atoms with van der Waals surface area (Å²) in [6, 6.07) is 5.82. The zero-order chi connectivity index (χ0) is 14.1.